The van der Waals surface area contributed by atoms with Gasteiger partial charge in [-0.1, -0.05) is 29.8 Å². The second-order valence-corrected chi connectivity index (χ2v) is 11.2. The first-order valence-corrected chi connectivity index (χ1v) is 12.6. The maximum absolute atomic E-state index is 12.9. The Morgan fingerprint density at radius 2 is 2.06 bits per heavy atom. The Labute approximate surface area is 189 Å². The fourth-order valence-electron chi connectivity index (χ4n) is 4.93. The van der Waals surface area contributed by atoms with Gasteiger partial charge in [0.25, 0.3) is 0 Å². The summed E-state index contributed by atoms with van der Waals surface area (Å²) < 4.78 is 12.9. The van der Waals surface area contributed by atoms with E-state index in [4.69, 9.17) is 21.6 Å². The van der Waals surface area contributed by atoms with Crippen molar-refractivity contribution in [3.63, 3.8) is 0 Å². The highest BCUT2D eigenvalue weighted by Gasteiger charge is 2.54. The van der Waals surface area contributed by atoms with Crippen molar-refractivity contribution < 1.29 is 9.32 Å². The van der Waals surface area contributed by atoms with E-state index in [9.17, 15) is 9.32 Å². The summed E-state index contributed by atoms with van der Waals surface area (Å²) in [5.74, 6) is 1.67. The highest BCUT2D eigenvalue weighted by molar-refractivity contribution is 7.86. The Balaban J connectivity index is 1.31. The van der Waals surface area contributed by atoms with Crippen molar-refractivity contribution in [3.05, 3.63) is 46.6 Å². The maximum atomic E-state index is 12.9. The van der Waals surface area contributed by atoms with Crippen molar-refractivity contribution in [1.82, 2.24) is 9.97 Å². The molecular weight excluding hydrogens is 432 g/mol. The Bertz CT molecular complexity index is 1090. The van der Waals surface area contributed by atoms with Crippen molar-refractivity contribution in [2.45, 2.75) is 53.7 Å². The first-order valence-electron chi connectivity index (χ1n) is 11.0. The lowest BCUT2D eigenvalue weighted by Gasteiger charge is -2.42. The van der Waals surface area contributed by atoms with Crippen LogP contribution in [0.4, 0.5) is 11.8 Å². The minimum atomic E-state index is -1.05. The highest BCUT2D eigenvalue weighted by Crippen LogP contribution is 2.56. The largest absolute Gasteiger partial charge is 0.394 e. The maximum Gasteiger partial charge on any atom is 0.227 e. The molecule has 3 atom stereocenters. The zero-order chi connectivity index (χ0) is 21.2. The molecule has 2 aliphatic heterocycles. The lowest BCUT2D eigenvalue weighted by molar-refractivity contribution is 0.143. The average Bonchev–Trinajstić information content (AvgIpc) is 3.52. The third-order valence-corrected chi connectivity index (χ3v) is 9.27. The molecule has 0 spiro atoms. The predicted octanol–water partition coefficient (Wildman–Crippen LogP) is 3.73. The van der Waals surface area contributed by atoms with Crippen LogP contribution in [-0.2, 0) is 10.8 Å². The van der Waals surface area contributed by atoms with E-state index in [-0.39, 0.29) is 17.4 Å². The molecular formula is C23H25ClN4O2S. The van der Waals surface area contributed by atoms with Gasteiger partial charge in [-0.05, 0) is 55.4 Å². The SMILES string of the molecule is O=[S@@]1c2c(NC3(CO)CCC3)nc(N3CC=C(c4ccc(Cl)cc4)CC3)nc2C2CC21. The van der Waals surface area contributed by atoms with Gasteiger partial charge in [0.1, 0.15) is 10.7 Å². The van der Waals surface area contributed by atoms with Gasteiger partial charge in [-0.25, -0.2) is 4.98 Å². The second kappa shape index (κ2) is 7.29. The number of nitrogens with zero attached hydrogens (tertiary/aromatic N) is 3. The molecule has 8 heteroatoms. The van der Waals surface area contributed by atoms with E-state index in [1.165, 1.54) is 11.1 Å². The highest BCUT2D eigenvalue weighted by atomic mass is 35.5. The summed E-state index contributed by atoms with van der Waals surface area (Å²) in [6.07, 6.45) is 7.01. The van der Waals surface area contributed by atoms with Crippen LogP contribution in [0, 0.1) is 0 Å². The van der Waals surface area contributed by atoms with Crippen LogP contribution in [0.25, 0.3) is 5.57 Å². The van der Waals surface area contributed by atoms with E-state index in [1.807, 2.05) is 12.1 Å². The molecule has 6 rings (SSSR count). The van der Waals surface area contributed by atoms with Crippen molar-refractivity contribution in [1.29, 1.82) is 0 Å². The van der Waals surface area contributed by atoms with Gasteiger partial charge in [-0.15, -0.1) is 0 Å². The average molecular weight is 457 g/mol. The van der Waals surface area contributed by atoms with Gasteiger partial charge in [0, 0.05) is 29.3 Å². The summed E-state index contributed by atoms with van der Waals surface area (Å²) in [6.45, 7) is 1.63. The molecule has 1 aromatic carbocycles. The molecule has 4 aliphatic rings. The van der Waals surface area contributed by atoms with Crippen LogP contribution < -0.4 is 10.2 Å². The van der Waals surface area contributed by atoms with Gasteiger partial charge >= 0.3 is 0 Å². The zero-order valence-electron chi connectivity index (χ0n) is 17.2. The third-order valence-electron chi connectivity index (χ3n) is 7.14. The van der Waals surface area contributed by atoms with Crippen LogP contribution >= 0.6 is 11.6 Å². The van der Waals surface area contributed by atoms with E-state index in [0.717, 1.165) is 60.8 Å². The Hall–Kier alpha value is -1.96. The molecule has 2 aliphatic carbocycles. The number of benzene rings is 1. The fraction of sp³-hybridized carbons (Fsp3) is 0.478. The number of nitrogens with one attached hydrogen (secondary N) is 1. The van der Waals surface area contributed by atoms with Gasteiger partial charge in [-0.2, -0.15) is 4.98 Å². The molecule has 2 unspecified atom stereocenters. The van der Waals surface area contributed by atoms with E-state index in [1.54, 1.807) is 0 Å². The number of rotatable bonds is 5. The van der Waals surface area contributed by atoms with Crippen molar-refractivity contribution in [3.8, 4) is 0 Å². The Kier molecular flexibility index (Phi) is 4.63. The Morgan fingerprint density at radius 3 is 2.71 bits per heavy atom. The molecule has 6 nitrogen and oxygen atoms in total. The minimum absolute atomic E-state index is 0.0670. The molecule has 3 heterocycles. The van der Waals surface area contributed by atoms with Crippen molar-refractivity contribution >= 4 is 39.7 Å². The van der Waals surface area contributed by atoms with E-state index < -0.39 is 10.8 Å². The Morgan fingerprint density at radius 1 is 1.26 bits per heavy atom. The van der Waals surface area contributed by atoms with Crippen LogP contribution in [-0.4, -0.2) is 49.8 Å². The molecule has 0 radical (unpaired) electrons. The van der Waals surface area contributed by atoms with Gasteiger partial charge < -0.3 is 15.3 Å². The van der Waals surface area contributed by atoms with E-state index in [0.29, 0.717) is 17.7 Å². The van der Waals surface area contributed by atoms with Crippen molar-refractivity contribution in [2.75, 3.05) is 29.9 Å². The lowest BCUT2D eigenvalue weighted by Crippen LogP contribution is -2.49. The number of hydrogen-bond acceptors (Lipinski definition) is 6. The number of hydrogen-bond donors (Lipinski definition) is 2. The quantitative estimate of drug-likeness (QED) is 0.713. The molecule has 0 amide bonds. The van der Waals surface area contributed by atoms with Crippen LogP contribution in [0.5, 0.6) is 0 Å². The first-order chi connectivity index (χ1) is 15.1. The summed E-state index contributed by atoms with van der Waals surface area (Å²) in [4.78, 5) is 12.7. The molecule has 0 saturated heterocycles. The van der Waals surface area contributed by atoms with Gasteiger partial charge in [-0.3, -0.25) is 4.21 Å². The zero-order valence-corrected chi connectivity index (χ0v) is 18.8. The van der Waals surface area contributed by atoms with Crippen LogP contribution in [0.2, 0.25) is 5.02 Å². The number of anilines is 2. The lowest BCUT2D eigenvalue weighted by atomic mass is 9.77. The molecule has 0 bridgehead atoms. The number of halogens is 1. The second-order valence-electron chi connectivity index (χ2n) is 9.11. The molecule has 2 saturated carbocycles. The standard InChI is InChI=1S/C23H25ClN4O2S/c24-16-4-2-14(3-5-16)15-6-10-28(11-7-15)22-25-19-17-12-18(17)31(30)20(19)21(26-22)27-23(13-29)8-1-9-23/h2-6,17-18,29H,1,7-13H2,(H,25,26,27)/t17?,18?,31-/m0/s1. The normalized spacial score (nSPS) is 27.7. The molecule has 2 fully saturated rings. The van der Waals surface area contributed by atoms with Gasteiger partial charge in [0.2, 0.25) is 5.95 Å². The van der Waals surface area contributed by atoms with E-state index >= 15 is 0 Å². The van der Waals surface area contributed by atoms with Crippen LogP contribution in [0.1, 0.15) is 49.3 Å². The van der Waals surface area contributed by atoms with Crippen LogP contribution in [0.15, 0.2) is 35.2 Å². The number of aromatic nitrogens is 2. The van der Waals surface area contributed by atoms with E-state index in [2.05, 4.69) is 28.4 Å². The predicted molar refractivity (Wildman–Crippen MR) is 123 cm³/mol. The fourth-order valence-corrected chi connectivity index (χ4v) is 6.86. The molecule has 31 heavy (non-hydrogen) atoms. The topological polar surface area (TPSA) is 78.3 Å². The summed E-state index contributed by atoms with van der Waals surface area (Å²) in [6, 6.07) is 7.98. The monoisotopic (exact) mass is 456 g/mol. The summed E-state index contributed by atoms with van der Waals surface area (Å²) in [5.41, 5.74) is 3.13. The number of aliphatic hydroxyl groups is 1. The van der Waals surface area contributed by atoms with Crippen LogP contribution in [0.3, 0.4) is 0 Å². The summed E-state index contributed by atoms with van der Waals surface area (Å²) in [5, 5.41) is 14.4. The molecule has 1 aromatic heterocycles. The molecule has 162 valence electrons. The van der Waals surface area contributed by atoms with Crippen molar-refractivity contribution in [2.24, 2.45) is 0 Å². The first kappa shape index (κ1) is 19.7. The summed E-state index contributed by atoms with van der Waals surface area (Å²) in [7, 11) is -1.05. The minimum Gasteiger partial charge on any atom is -0.394 e. The third kappa shape index (κ3) is 3.29. The number of fused-ring (bicyclic) bond motifs is 3. The summed E-state index contributed by atoms with van der Waals surface area (Å²) >= 11 is 6.02. The number of aliphatic hydroxyl groups excluding tert-OH is 1. The molecule has 2 aromatic rings. The molecule has 2 N–H and O–H groups in total. The van der Waals surface area contributed by atoms with Gasteiger partial charge in [0.15, 0.2) is 0 Å². The van der Waals surface area contributed by atoms with Gasteiger partial charge in [0.05, 0.1) is 28.6 Å². The smallest absolute Gasteiger partial charge is 0.227 e.